The van der Waals surface area contributed by atoms with Crippen molar-refractivity contribution in [2.45, 2.75) is 38.5 Å². The molecule has 2 heterocycles. The Labute approximate surface area is 185 Å². The Kier molecular flexibility index (Phi) is 6.11. The zero-order chi connectivity index (χ0) is 21.3. The third kappa shape index (κ3) is 3.84. The standard InChI is InChI=1S/C23H25N3O2S2/c1-4-6-13-26-21(28)20(22-25(5-2)18-9-7-8-10-19(18)29-22)30-23(26)24-17-12-11-16(27)14-15(17)3/h7-12,14,27H,4-6,13H2,1-3H3. The number of rotatable bonds is 5. The van der Waals surface area contributed by atoms with Gasteiger partial charge in [-0.15, -0.1) is 0 Å². The van der Waals surface area contributed by atoms with Crippen molar-refractivity contribution in [1.29, 1.82) is 0 Å². The molecule has 0 aliphatic carbocycles. The van der Waals surface area contributed by atoms with E-state index in [0.29, 0.717) is 11.7 Å². The third-order valence-corrected chi connectivity index (χ3v) is 7.49. The molecule has 0 spiro atoms. The minimum atomic E-state index is 0.0254. The topological polar surface area (TPSA) is 56.1 Å². The largest absolute Gasteiger partial charge is 0.508 e. The third-order valence-electron chi connectivity index (χ3n) is 5.11. The summed E-state index contributed by atoms with van der Waals surface area (Å²) in [6.45, 7) is 7.60. The minimum Gasteiger partial charge on any atom is -0.508 e. The van der Waals surface area contributed by atoms with Crippen molar-refractivity contribution in [2.75, 3.05) is 18.0 Å². The van der Waals surface area contributed by atoms with E-state index < -0.39 is 0 Å². The SMILES string of the molecule is CCCCN1C(=O)C(=C2Sc3ccccc3N2CC)SC1=Nc1ccc(O)cc1C. The van der Waals surface area contributed by atoms with Gasteiger partial charge in [0.2, 0.25) is 0 Å². The molecule has 2 aliphatic heterocycles. The number of aliphatic imine (C=N–C) groups is 1. The first kappa shape index (κ1) is 20.9. The lowest BCUT2D eigenvalue weighted by Gasteiger charge is -2.19. The van der Waals surface area contributed by atoms with Crippen molar-refractivity contribution in [2.24, 2.45) is 4.99 Å². The summed E-state index contributed by atoms with van der Waals surface area (Å²) in [4.78, 5) is 24.2. The monoisotopic (exact) mass is 439 g/mol. The molecule has 0 radical (unpaired) electrons. The lowest BCUT2D eigenvalue weighted by atomic mass is 10.2. The van der Waals surface area contributed by atoms with Gasteiger partial charge in [0.05, 0.1) is 11.4 Å². The molecule has 1 fully saturated rings. The Bertz CT molecular complexity index is 1050. The Morgan fingerprint density at radius 2 is 1.87 bits per heavy atom. The molecular formula is C23H25N3O2S2. The average molecular weight is 440 g/mol. The van der Waals surface area contributed by atoms with E-state index in [4.69, 9.17) is 4.99 Å². The van der Waals surface area contributed by atoms with Gasteiger partial charge in [-0.25, -0.2) is 4.99 Å². The number of amides is 1. The molecule has 30 heavy (non-hydrogen) atoms. The number of carbonyl (C=O) groups excluding carboxylic acids is 1. The van der Waals surface area contributed by atoms with Crippen LogP contribution in [0.15, 0.2) is 62.3 Å². The molecule has 0 atom stereocenters. The van der Waals surface area contributed by atoms with Gasteiger partial charge < -0.3 is 10.0 Å². The van der Waals surface area contributed by atoms with Crippen LogP contribution in [0.3, 0.4) is 0 Å². The summed E-state index contributed by atoms with van der Waals surface area (Å²) in [6, 6.07) is 13.4. The highest BCUT2D eigenvalue weighted by atomic mass is 32.2. The normalized spacial score (nSPS) is 19.8. The highest BCUT2D eigenvalue weighted by molar-refractivity contribution is 8.19. The number of unbranched alkanes of at least 4 members (excludes halogenated alkanes) is 1. The molecule has 0 saturated carbocycles. The Hall–Kier alpha value is -2.38. The van der Waals surface area contributed by atoms with Crippen LogP contribution in [-0.4, -0.2) is 34.2 Å². The van der Waals surface area contributed by atoms with E-state index in [9.17, 15) is 9.90 Å². The van der Waals surface area contributed by atoms with Crippen molar-refractivity contribution < 1.29 is 9.90 Å². The fourth-order valence-corrected chi connectivity index (χ4v) is 5.93. The van der Waals surface area contributed by atoms with Gasteiger partial charge in [-0.1, -0.05) is 37.2 Å². The van der Waals surface area contributed by atoms with Crippen LogP contribution in [0.1, 0.15) is 32.3 Å². The molecule has 2 aromatic carbocycles. The molecule has 4 rings (SSSR count). The number of anilines is 1. The number of aromatic hydroxyl groups is 1. The van der Waals surface area contributed by atoms with Crippen LogP contribution in [0.4, 0.5) is 11.4 Å². The number of hydrogen-bond donors (Lipinski definition) is 1. The number of fused-ring (bicyclic) bond motifs is 1. The van der Waals surface area contributed by atoms with Gasteiger partial charge in [-0.3, -0.25) is 9.69 Å². The summed E-state index contributed by atoms with van der Waals surface area (Å²) >= 11 is 3.11. The Morgan fingerprint density at radius 3 is 2.60 bits per heavy atom. The second-order valence-electron chi connectivity index (χ2n) is 7.23. The molecule has 7 heteroatoms. The number of para-hydroxylation sites is 1. The van der Waals surface area contributed by atoms with Gasteiger partial charge in [-0.2, -0.15) is 0 Å². The second-order valence-corrected chi connectivity index (χ2v) is 9.23. The number of phenols is 1. The highest BCUT2D eigenvalue weighted by Crippen LogP contribution is 2.50. The molecule has 1 N–H and O–H groups in total. The van der Waals surface area contributed by atoms with Crippen molar-refractivity contribution in [3.63, 3.8) is 0 Å². The van der Waals surface area contributed by atoms with Crippen LogP contribution < -0.4 is 4.90 Å². The average Bonchev–Trinajstić information content (AvgIpc) is 3.25. The number of thioether (sulfide) groups is 2. The van der Waals surface area contributed by atoms with Crippen LogP contribution in [0.25, 0.3) is 0 Å². The molecule has 156 valence electrons. The molecule has 0 unspecified atom stereocenters. The van der Waals surface area contributed by atoms with E-state index in [1.165, 1.54) is 16.7 Å². The van der Waals surface area contributed by atoms with Gasteiger partial charge in [0.15, 0.2) is 5.17 Å². The first-order valence-corrected chi connectivity index (χ1v) is 11.8. The van der Waals surface area contributed by atoms with Crippen LogP contribution in [0.5, 0.6) is 5.75 Å². The summed E-state index contributed by atoms with van der Waals surface area (Å²) in [5.74, 6) is 0.244. The van der Waals surface area contributed by atoms with Gasteiger partial charge in [-0.05, 0) is 67.9 Å². The van der Waals surface area contributed by atoms with E-state index >= 15 is 0 Å². The van der Waals surface area contributed by atoms with Crippen molar-refractivity contribution >= 4 is 46.0 Å². The maximum absolute atomic E-state index is 13.4. The van der Waals surface area contributed by atoms with E-state index in [1.807, 2.05) is 19.1 Å². The number of aryl methyl sites for hydroxylation is 1. The lowest BCUT2D eigenvalue weighted by Crippen LogP contribution is -2.30. The van der Waals surface area contributed by atoms with Crippen LogP contribution >= 0.6 is 23.5 Å². The predicted octanol–water partition coefficient (Wildman–Crippen LogP) is 5.86. The number of carbonyl (C=O) groups is 1. The van der Waals surface area contributed by atoms with E-state index in [-0.39, 0.29) is 11.7 Å². The van der Waals surface area contributed by atoms with Gasteiger partial charge in [0, 0.05) is 18.0 Å². The first-order chi connectivity index (χ1) is 14.5. The minimum absolute atomic E-state index is 0.0254. The molecule has 5 nitrogen and oxygen atoms in total. The van der Waals surface area contributed by atoms with Gasteiger partial charge >= 0.3 is 0 Å². The molecule has 1 amide bonds. The quantitative estimate of drug-likeness (QED) is 0.591. The molecule has 2 aliphatic rings. The zero-order valence-corrected chi connectivity index (χ0v) is 19.0. The number of benzene rings is 2. The number of nitrogens with zero attached hydrogens (tertiary/aromatic N) is 3. The Morgan fingerprint density at radius 1 is 1.07 bits per heavy atom. The second kappa shape index (κ2) is 8.78. The van der Waals surface area contributed by atoms with Crippen LogP contribution in [-0.2, 0) is 4.79 Å². The number of hydrogen-bond acceptors (Lipinski definition) is 6. The van der Waals surface area contributed by atoms with Crippen molar-refractivity contribution in [1.82, 2.24) is 4.90 Å². The van der Waals surface area contributed by atoms with Crippen molar-refractivity contribution in [3.8, 4) is 5.75 Å². The van der Waals surface area contributed by atoms with Crippen molar-refractivity contribution in [3.05, 3.63) is 58.0 Å². The number of phenolic OH excluding ortho intramolecular Hbond substituents is 1. The molecule has 0 aromatic heterocycles. The summed E-state index contributed by atoms with van der Waals surface area (Å²) in [5, 5.41) is 11.4. The summed E-state index contributed by atoms with van der Waals surface area (Å²) in [5.41, 5.74) is 2.80. The summed E-state index contributed by atoms with van der Waals surface area (Å²) < 4.78 is 0. The summed E-state index contributed by atoms with van der Waals surface area (Å²) in [7, 11) is 0. The zero-order valence-electron chi connectivity index (χ0n) is 17.4. The van der Waals surface area contributed by atoms with E-state index in [0.717, 1.165) is 46.3 Å². The molecular weight excluding hydrogens is 414 g/mol. The fraction of sp³-hybridized carbons (Fsp3) is 0.304. The van der Waals surface area contributed by atoms with Gasteiger partial charge in [0.25, 0.3) is 5.91 Å². The van der Waals surface area contributed by atoms with Gasteiger partial charge in [0.1, 0.15) is 15.7 Å². The maximum atomic E-state index is 13.4. The first-order valence-electron chi connectivity index (χ1n) is 10.2. The molecule has 0 bridgehead atoms. The van der Waals surface area contributed by atoms with Crippen LogP contribution in [0.2, 0.25) is 0 Å². The highest BCUT2D eigenvalue weighted by Gasteiger charge is 2.39. The van der Waals surface area contributed by atoms with E-state index in [2.05, 4.69) is 30.9 Å². The Balaban J connectivity index is 1.75. The molecule has 1 saturated heterocycles. The smallest absolute Gasteiger partial charge is 0.269 e. The number of amidine groups is 1. The summed E-state index contributed by atoms with van der Waals surface area (Å²) in [6.07, 6.45) is 1.93. The van der Waals surface area contributed by atoms with E-state index in [1.54, 1.807) is 34.9 Å². The predicted molar refractivity (Wildman–Crippen MR) is 126 cm³/mol. The fourth-order valence-electron chi connectivity index (χ4n) is 3.52. The molecule has 2 aromatic rings. The maximum Gasteiger partial charge on any atom is 0.269 e. The van der Waals surface area contributed by atoms with Crippen LogP contribution in [0, 0.1) is 6.92 Å². The lowest BCUT2D eigenvalue weighted by molar-refractivity contribution is -0.122.